The molecule has 4 rings (SSSR count). The van der Waals surface area contributed by atoms with E-state index in [0.29, 0.717) is 16.3 Å². The van der Waals surface area contributed by atoms with E-state index in [4.69, 9.17) is 11.6 Å². The summed E-state index contributed by atoms with van der Waals surface area (Å²) in [4.78, 5) is 31.7. The standard InChI is InChI=1S/C21H14ClN3O2/c22-15-5-3-6-16(9-15)25-21(27)18-8-14(11-24-20(18)26)19-12-23-10-13-4-1-2-7-17(13)19/h1-12H,(H,24,26)(H,25,27). The Morgan fingerprint density at radius 3 is 2.74 bits per heavy atom. The lowest BCUT2D eigenvalue weighted by atomic mass is 10.0. The molecule has 0 saturated heterocycles. The summed E-state index contributed by atoms with van der Waals surface area (Å²) in [5, 5.41) is 5.16. The zero-order valence-corrected chi connectivity index (χ0v) is 14.8. The number of hydrogen-bond acceptors (Lipinski definition) is 3. The number of pyridine rings is 2. The molecule has 0 aliphatic carbocycles. The van der Waals surface area contributed by atoms with Crippen molar-refractivity contribution in [2.45, 2.75) is 0 Å². The molecule has 0 radical (unpaired) electrons. The second kappa shape index (κ2) is 7.05. The number of halogens is 1. The van der Waals surface area contributed by atoms with E-state index < -0.39 is 11.5 Å². The summed E-state index contributed by atoms with van der Waals surface area (Å²) in [6.45, 7) is 0. The third-order valence-electron chi connectivity index (χ3n) is 4.21. The fourth-order valence-electron chi connectivity index (χ4n) is 2.92. The summed E-state index contributed by atoms with van der Waals surface area (Å²) < 4.78 is 0. The summed E-state index contributed by atoms with van der Waals surface area (Å²) in [7, 11) is 0. The van der Waals surface area contributed by atoms with Crippen LogP contribution in [0.25, 0.3) is 21.9 Å². The highest BCUT2D eigenvalue weighted by atomic mass is 35.5. The number of carbonyl (C=O) groups excluding carboxylic acids is 1. The van der Waals surface area contributed by atoms with Gasteiger partial charge in [-0.25, -0.2) is 0 Å². The molecule has 0 fully saturated rings. The van der Waals surface area contributed by atoms with Crippen LogP contribution in [0.15, 0.2) is 78.0 Å². The predicted octanol–water partition coefficient (Wildman–Crippen LogP) is 4.50. The van der Waals surface area contributed by atoms with Gasteiger partial charge in [0.15, 0.2) is 0 Å². The van der Waals surface area contributed by atoms with E-state index in [-0.39, 0.29) is 5.56 Å². The van der Waals surface area contributed by atoms with Crippen molar-refractivity contribution in [2.75, 3.05) is 5.32 Å². The SMILES string of the molecule is O=C(Nc1cccc(Cl)c1)c1cc(-c2cncc3ccccc23)c[nH]c1=O. The number of nitrogens with one attached hydrogen (secondary N) is 2. The fraction of sp³-hybridized carbons (Fsp3) is 0. The Bertz CT molecular complexity index is 1210. The van der Waals surface area contributed by atoms with Crippen LogP contribution < -0.4 is 10.9 Å². The van der Waals surface area contributed by atoms with Crippen LogP contribution in [0, 0.1) is 0 Å². The van der Waals surface area contributed by atoms with Crippen molar-refractivity contribution in [3.8, 4) is 11.1 Å². The van der Waals surface area contributed by atoms with Crippen LogP contribution in [-0.4, -0.2) is 15.9 Å². The Morgan fingerprint density at radius 1 is 1.04 bits per heavy atom. The van der Waals surface area contributed by atoms with Crippen molar-refractivity contribution < 1.29 is 4.79 Å². The van der Waals surface area contributed by atoms with Gasteiger partial charge < -0.3 is 10.3 Å². The Labute approximate surface area is 159 Å². The van der Waals surface area contributed by atoms with Crippen LogP contribution in [0.2, 0.25) is 5.02 Å². The van der Waals surface area contributed by atoms with E-state index in [1.165, 1.54) is 0 Å². The van der Waals surface area contributed by atoms with Gasteiger partial charge in [-0.05, 0) is 29.7 Å². The molecule has 0 unspecified atom stereocenters. The van der Waals surface area contributed by atoms with Crippen molar-refractivity contribution in [3.05, 3.63) is 94.1 Å². The molecule has 2 heterocycles. The lowest BCUT2D eigenvalue weighted by Crippen LogP contribution is -2.23. The van der Waals surface area contributed by atoms with Gasteiger partial charge in [-0.15, -0.1) is 0 Å². The highest BCUT2D eigenvalue weighted by Crippen LogP contribution is 2.27. The third kappa shape index (κ3) is 3.45. The van der Waals surface area contributed by atoms with Crippen LogP contribution in [-0.2, 0) is 0 Å². The molecular weight excluding hydrogens is 362 g/mol. The van der Waals surface area contributed by atoms with Gasteiger partial charge in [0.05, 0.1) is 0 Å². The van der Waals surface area contributed by atoms with Gasteiger partial charge in [0.1, 0.15) is 5.56 Å². The quantitative estimate of drug-likeness (QED) is 0.553. The molecule has 2 N–H and O–H groups in total. The van der Waals surface area contributed by atoms with Crippen LogP contribution in [0.4, 0.5) is 5.69 Å². The third-order valence-corrected chi connectivity index (χ3v) is 4.44. The Morgan fingerprint density at radius 2 is 1.89 bits per heavy atom. The number of hydrogen-bond donors (Lipinski definition) is 2. The molecule has 27 heavy (non-hydrogen) atoms. The average Bonchev–Trinajstić information content (AvgIpc) is 2.68. The number of nitrogens with zero attached hydrogens (tertiary/aromatic N) is 1. The molecule has 6 heteroatoms. The summed E-state index contributed by atoms with van der Waals surface area (Å²) in [6.07, 6.45) is 5.08. The number of aromatic amines is 1. The largest absolute Gasteiger partial charge is 0.328 e. The van der Waals surface area contributed by atoms with Crippen LogP contribution >= 0.6 is 11.6 Å². The first-order valence-corrected chi connectivity index (χ1v) is 8.62. The number of anilines is 1. The first kappa shape index (κ1) is 17.0. The zero-order chi connectivity index (χ0) is 18.8. The first-order chi connectivity index (χ1) is 13.1. The number of H-pyrrole nitrogens is 1. The number of fused-ring (bicyclic) bond motifs is 1. The van der Waals surface area contributed by atoms with E-state index in [0.717, 1.165) is 16.3 Å². The summed E-state index contributed by atoms with van der Waals surface area (Å²) in [6, 6.07) is 16.1. The van der Waals surface area contributed by atoms with Gasteiger partial charge in [-0.1, -0.05) is 41.9 Å². The van der Waals surface area contributed by atoms with Gasteiger partial charge in [-0.3, -0.25) is 14.6 Å². The molecule has 0 aliphatic heterocycles. The maximum atomic E-state index is 12.6. The Kier molecular flexibility index (Phi) is 4.44. The van der Waals surface area contributed by atoms with Gasteiger partial charge >= 0.3 is 0 Å². The maximum Gasteiger partial charge on any atom is 0.261 e. The van der Waals surface area contributed by atoms with Crippen LogP contribution in [0.1, 0.15) is 10.4 Å². The topological polar surface area (TPSA) is 74.8 Å². The van der Waals surface area contributed by atoms with E-state index >= 15 is 0 Å². The molecule has 5 nitrogen and oxygen atoms in total. The molecule has 2 aromatic carbocycles. The molecule has 0 atom stereocenters. The van der Waals surface area contributed by atoms with Crippen molar-refractivity contribution in [2.24, 2.45) is 0 Å². The molecular formula is C21H14ClN3O2. The monoisotopic (exact) mass is 375 g/mol. The maximum absolute atomic E-state index is 12.6. The predicted molar refractivity (Wildman–Crippen MR) is 107 cm³/mol. The van der Waals surface area contributed by atoms with E-state index in [2.05, 4.69) is 15.3 Å². The lowest BCUT2D eigenvalue weighted by Gasteiger charge is -2.09. The molecule has 0 bridgehead atoms. The van der Waals surface area contributed by atoms with Gasteiger partial charge in [-0.2, -0.15) is 0 Å². The summed E-state index contributed by atoms with van der Waals surface area (Å²) >= 11 is 5.94. The Hall–Kier alpha value is -3.44. The number of carbonyl (C=O) groups is 1. The molecule has 2 aromatic heterocycles. The first-order valence-electron chi connectivity index (χ1n) is 8.24. The smallest absolute Gasteiger partial charge is 0.261 e. The minimum atomic E-state index is -0.506. The van der Waals surface area contributed by atoms with E-state index in [1.54, 1.807) is 48.9 Å². The van der Waals surface area contributed by atoms with Crippen LogP contribution in [0.3, 0.4) is 0 Å². The number of rotatable bonds is 3. The molecule has 132 valence electrons. The van der Waals surface area contributed by atoms with Crippen LogP contribution in [0.5, 0.6) is 0 Å². The fourth-order valence-corrected chi connectivity index (χ4v) is 3.11. The lowest BCUT2D eigenvalue weighted by molar-refractivity contribution is 0.102. The Balaban J connectivity index is 1.75. The number of amides is 1. The highest BCUT2D eigenvalue weighted by Gasteiger charge is 2.14. The second-order valence-corrected chi connectivity index (χ2v) is 6.44. The molecule has 0 spiro atoms. The molecule has 0 saturated carbocycles. The zero-order valence-electron chi connectivity index (χ0n) is 14.1. The number of aromatic nitrogens is 2. The molecule has 0 aliphatic rings. The van der Waals surface area contributed by atoms with Gasteiger partial charge in [0.2, 0.25) is 0 Å². The normalized spacial score (nSPS) is 10.7. The van der Waals surface area contributed by atoms with Crippen molar-refractivity contribution >= 4 is 34.0 Å². The number of benzene rings is 2. The molecule has 4 aromatic rings. The summed E-state index contributed by atoms with van der Waals surface area (Å²) in [5.74, 6) is -0.506. The average molecular weight is 376 g/mol. The van der Waals surface area contributed by atoms with Crippen molar-refractivity contribution in [3.63, 3.8) is 0 Å². The molecule has 1 amide bonds. The minimum Gasteiger partial charge on any atom is -0.328 e. The van der Waals surface area contributed by atoms with E-state index in [1.807, 2.05) is 24.3 Å². The van der Waals surface area contributed by atoms with E-state index in [9.17, 15) is 9.59 Å². The summed E-state index contributed by atoms with van der Waals surface area (Å²) in [5.41, 5.74) is 1.60. The minimum absolute atomic E-state index is 0.0143. The van der Waals surface area contributed by atoms with Gasteiger partial charge in [0.25, 0.3) is 11.5 Å². The highest BCUT2D eigenvalue weighted by molar-refractivity contribution is 6.31. The second-order valence-electron chi connectivity index (χ2n) is 6.00. The van der Waals surface area contributed by atoms with Gasteiger partial charge in [0, 0.05) is 45.8 Å². The van der Waals surface area contributed by atoms with Crippen molar-refractivity contribution in [1.29, 1.82) is 0 Å². The van der Waals surface area contributed by atoms with Crippen molar-refractivity contribution in [1.82, 2.24) is 9.97 Å².